The first-order valence-electron chi connectivity index (χ1n) is 7.47. The molecule has 0 radical (unpaired) electrons. The molecule has 0 fully saturated rings. The van der Waals surface area contributed by atoms with Gasteiger partial charge < -0.3 is 15.1 Å². The second kappa shape index (κ2) is 9.22. The summed E-state index contributed by atoms with van der Waals surface area (Å²) in [5.74, 6) is 0. The smallest absolute Gasteiger partial charge is 0.0642 e. The van der Waals surface area contributed by atoms with Crippen molar-refractivity contribution in [3.63, 3.8) is 0 Å². The lowest BCUT2D eigenvalue weighted by Crippen LogP contribution is -2.27. The van der Waals surface area contributed by atoms with Gasteiger partial charge in [0.05, 0.1) is 10.7 Å². The van der Waals surface area contributed by atoms with Crippen LogP contribution in [0, 0.1) is 0 Å². The van der Waals surface area contributed by atoms with Gasteiger partial charge in [-0.2, -0.15) is 0 Å². The normalized spacial score (nSPS) is 11.1. The molecule has 114 valence electrons. The highest BCUT2D eigenvalue weighted by Gasteiger charge is 2.09. The number of benzene rings is 1. The summed E-state index contributed by atoms with van der Waals surface area (Å²) in [4.78, 5) is 4.57. The minimum atomic E-state index is 0.854. The topological polar surface area (TPSA) is 18.5 Å². The Morgan fingerprint density at radius 2 is 1.90 bits per heavy atom. The van der Waals surface area contributed by atoms with E-state index in [9.17, 15) is 0 Å². The molecule has 0 unspecified atom stereocenters. The van der Waals surface area contributed by atoms with Crippen LogP contribution in [0.15, 0.2) is 18.2 Å². The lowest BCUT2D eigenvalue weighted by atomic mass is 10.2. The Balaban J connectivity index is 2.67. The summed E-state index contributed by atoms with van der Waals surface area (Å²) < 4.78 is 0. The largest absolute Gasteiger partial charge is 0.371 e. The van der Waals surface area contributed by atoms with Gasteiger partial charge in [0.15, 0.2) is 0 Å². The van der Waals surface area contributed by atoms with Gasteiger partial charge in [-0.25, -0.2) is 0 Å². The van der Waals surface area contributed by atoms with Crippen molar-refractivity contribution in [2.75, 3.05) is 45.2 Å². The lowest BCUT2D eigenvalue weighted by Gasteiger charge is -2.25. The molecule has 4 heteroatoms. The van der Waals surface area contributed by atoms with Crippen molar-refractivity contribution in [3.8, 4) is 0 Å². The first kappa shape index (κ1) is 17.3. The highest BCUT2D eigenvalue weighted by Crippen LogP contribution is 2.27. The first-order valence-corrected chi connectivity index (χ1v) is 7.85. The number of hydrogen-bond acceptors (Lipinski definition) is 3. The van der Waals surface area contributed by atoms with Gasteiger partial charge in [0.2, 0.25) is 0 Å². The minimum absolute atomic E-state index is 0.854. The van der Waals surface area contributed by atoms with Crippen LogP contribution in [-0.4, -0.2) is 45.2 Å². The maximum atomic E-state index is 6.44. The van der Waals surface area contributed by atoms with Crippen LogP contribution >= 0.6 is 11.6 Å². The Hall–Kier alpha value is -0.770. The van der Waals surface area contributed by atoms with E-state index < -0.39 is 0 Å². The van der Waals surface area contributed by atoms with E-state index in [4.69, 9.17) is 11.6 Å². The molecular weight excluding hydrogens is 270 g/mol. The van der Waals surface area contributed by atoms with Crippen LogP contribution in [0.1, 0.15) is 25.8 Å². The third kappa shape index (κ3) is 5.70. The molecule has 0 aliphatic heterocycles. The molecule has 0 aliphatic carbocycles. The van der Waals surface area contributed by atoms with E-state index in [1.54, 1.807) is 0 Å². The minimum Gasteiger partial charge on any atom is -0.371 e. The lowest BCUT2D eigenvalue weighted by molar-refractivity contribution is 0.400. The Morgan fingerprint density at radius 3 is 2.45 bits per heavy atom. The quantitative estimate of drug-likeness (QED) is 0.755. The van der Waals surface area contributed by atoms with Gasteiger partial charge in [-0.15, -0.1) is 0 Å². The number of nitrogens with one attached hydrogen (secondary N) is 1. The highest BCUT2D eigenvalue weighted by atomic mass is 35.5. The average Bonchev–Trinajstić information content (AvgIpc) is 2.42. The van der Waals surface area contributed by atoms with Crippen LogP contribution in [0.5, 0.6) is 0 Å². The van der Waals surface area contributed by atoms with Gasteiger partial charge in [0.1, 0.15) is 0 Å². The van der Waals surface area contributed by atoms with Gasteiger partial charge in [-0.3, -0.25) is 0 Å². The van der Waals surface area contributed by atoms with Gasteiger partial charge in [-0.05, 0) is 58.2 Å². The van der Waals surface area contributed by atoms with Crippen molar-refractivity contribution < 1.29 is 0 Å². The SMILES string of the molecule is CCNCc1ccc(N(CC)CCCN(C)C)c(Cl)c1. The number of rotatable bonds is 9. The maximum absolute atomic E-state index is 6.44. The first-order chi connectivity index (χ1) is 9.58. The van der Waals surface area contributed by atoms with E-state index >= 15 is 0 Å². The van der Waals surface area contributed by atoms with Crippen molar-refractivity contribution in [2.24, 2.45) is 0 Å². The molecule has 20 heavy (non-hydrogen) atoms. The van der Waals surface area contributed by atoms with E-state index in [-0.39, 0.29) is 0 Å². The molecule has 1 rings (SSSR count). The molecule has 0 bridgehead atoms. The summed E-state index contributed by atoms with van der Waals surface area (Å²) >= 11 is 6.44. The number of halogens is 1. The predicted octanol–water partition coefficient (Wildman–Crippen LogP) is 3.23. The van der Waals surface area contributed by atoms with Crippen LogP contribution in [0.25, 0.3) is 0 Å². The standard InChI is InChI=1S/C16H28ClN3/c1-5-18-13-14-8-9-16(15(17)12-14)20(6-2)11-7-10-19(3)4/h8-9,12,18H,5-7,10-11,13H2,1-4H3. The van der Waals surface area contributed by atoms with E-state index in [1.807, 2.05) is 0 Å². The molecule has 0 saturated heterocycles. The van der Waals surface area contributed by atoms with Crippen LogP contribution in [-0.2, 0) is 6.54 Å². The fourth-order valence-corrected chi connectivity index (χ4v) is 2.54. The fraction of sp³-hybridized carbons (Fsp3) is 0.625. The molecule has 0 spiro atoms. The van der Waals surface area contributed by atoms with Crippen molar-refractivity contribution >= 4 is 17.3 Å². The van der Waals surface area contributed by atoms with Gasteiger partial charge >= 0.3 is 0 Å². The van der Waals surface area contributed by atoms with Crippen molar-refractivity contribution in [2.45, 2.75) is 26.8 Å². The number of hydrogen-bond donors (Lipinski definition) is 1. The van der Waals surface area contributed by atoms with E-state index in [0.29, 0.717) is 0 Å². The molecule has 1 aromatic rings. The van der Waals surface area contributed by atoms with Crippen LogP contribution in [0.4, 0.5) is 5.69 Å². The Bertz CT molecular complexity index is 393. The van der Waals surface area contributed by atoms with Crippen molar-refractivity contribution in [3.05, 3.63) is 28.8 Å². The van der Waals surface area contributed by atoms with Gasteiger partial charge in [0, 0.05) is 19.6 Å². The molecule has 0 aromatic heterocycles. The molecule has 3 nitrogen and oxygen atoms in total. The van der Waals surface area contributed by atoms with E-state index in [2.05, 4.69) is 61.3 Å². The van der Waals surface area contributed by atoms with Crippen molar-refractivity contribution in [1.82, 2.24) is 10.2 Å². The monoisotopic (exact) mass is 297 g/mol. The highest BCUT2D eigenvalue weighted by molar-refractivity contribution is 6.33. The molecule has 1 aromatic carbocycles. The molecule has 0 amide bonds. The molecule has 1 N–H and O–H groups in total. The number of nitrogens with zero attached hydrogens (tertiary/aromatic N) is 2. The van der Waals surface area contributed by atoms with E-state index in [0.717, 1.165) is 49.9 Å². The summed E-state index contributed by atoms with van der Waals surface area (Å²) in [6.45, 7) is 9.28. The molecule has 0 saturated carbocycles. The maximum Gasteiger partial charge on any atom is 0.0642 e. The second-order valence-electron chi connectivity index (χ2n) is 5.30. The Kier molecular flexibility index (Phi) is 7.97. The third-order valence-corrected chi connectivity index (χ3v) is 3.65. The van der Waals surface area contributed by atoms with E-state index in [1.165, 1.54) is 5.56 Å². The summed E-state index contributed by atoms with van der Waals surface area (Å²) in [5, 5.41) is 4.18. The second-order valence-corrected chi connectivity index (χ2v) is 5.71. The average molecular weight is 298 g/mol. The fourth-order valence-electron chi connectivity index (χ4n) is 2.21. The summed E-state index contributed by atoms with van der Waals surface area (Å²) in [6, 6.07) is 6.39. The van der Waals surface area contributed by atoms with Crippen LogP contribution < -0.4 is 10.2 Å². The molecule has 0 aliphatic rings. The summed E-state index contributed by atoms with van der Waals surface area (Å²) in [6.07, 6.45) is 1.15. The summed E-state index contributed by atoms with van der Waals surface area (Å²) in [5.41, 5.74) is 2.39. The van der Waals surface area contributed by atoms with Crippen LogP contribution in [0.3, 0.4) is 0 Å². The summed E-state index contributed by atoms with van der Waals surface area (Å²) in [7, 11) is 4.22. The zero-order valence-corrected chi connectivity index (χ0v) is 14.0. The van der Waals surface area contributed by atoms with Crippen molar-refractivity contribution in [1.29, 1.82) is 0 Å². The zero-order chi connectivity index (χ0) is 15.0. The van der Waals surface area contributed by atoms with Gasteiger partial charge in [0.25, 0.3) is 0 Å². The van der Waals surface area contributed by atoms with Gasteiger partial charge in [-0.1, -0.05) is 24.6 Å². The molecular formula is C16H28ClN3. The Morgan fingerprint density at radius 1 is 1.15 bits per heavy atom. The molecule has 0 atom stereocenters. The predicted molar refractivity (Wildman–Crippen MR) is 89.9 cm³/mol. The third-order valence-electron chi connectivity index (χ3n) is 3.35. The number of anilines is 1. The Labute approximate surface area is 128 Å². The molecule has 0 heterocycles. The van der Waals surface area contributed by atoms with Crippen LogP contribution in [0.2, 0.25) is 5.02 Å². The zero-order valence-electron chi connectivity index (χ0n) is 13.2.